The van der Waals surface area contributed by atoms with Crippen LogP contribution >= 0.6 is 22.9 Å². The van der Waals surface area contributed by atoms with E-state index in [1.807, 2.05) is 0 Å². The summed E-state index contributed by atoms with van der Waals surface area (Å²) in [4.78, 5) is 34.9. The number of halogens is 3. The Labute approximate surface area is 220 Å². The molecule has 2 aliphatic heterocycles. The SMILES string of the molecule is CCOC(=O)C1=C(CN2CC(F)CC(OCC(=O)O)C2)NC(c2nccs2)=NC1c1ccc(F)cc1Cl. The lowest BCUT2D eigenvalue weighted by Crippen LogP contribution is -2.48. The summed E-state index contributed by atoms with van der Waals surface area (Å²) in [5.74, 6) is -1.96. The number of hydrogen-bond acceptors (Lipinski definition) is 9. The van der Waals surface area contributed by atoms with E-state index < -0.39 is 42.7 Å². The van der Waals surface area contributed by atoms with E-state index in [4.69, 9.17) is 31.2 Å². The second kappa shape index (κ2) is 12.1. The number of carboxylic acid groups (broad SMARTS) is 1. The maximum absolute atomic E-state index is 14.6. The number of likely N-dealkylation sites (tertiary alicyclic amines) is 1. The Bertz CT molecular complexity index is 1210. The lowest BCUT2D eigenvalue weighted by atomic mass is 9.94. The first-order chi connectivity index (χ1) is 17.7. The molecule has 2 aromatic rings. The van der Waals surface area contributed by atoms with E-state index in [-0.39, 0.29) is 43.3 Å². The van der Waals surface area contributed by atoms with E-state index in [2.05, 4.69) is 10.3 Å². The number of amidine groups is 1. The van der Waals surface area contributed by atoms with Crippen molar-refractivity contribution in [2.24, 2.45) is 4.99 Å². The third kappa shape index (κ3) is 6.69. The van der Waals surface area contributed by atoms with Gasteiger partial charge in [0, 0.05) is 53.9 Å². The molecular formula is C24H25ClF2N4O5S. The van der Waals surface area contributed by atoms with Gasteiger partial charge in [-0.15, -0.1) is 11.3 Å². The van der Waals surface area contributed by atoms with E-state index in [0.717, 1.165) is 6.07 Å². The van der Waals surface area contributed by atoms with Crippen LogP contribution in [0.5, 0.6) is 0 Å². The zero-order valence-electron chi connectivity index (χ0n) is 19.8. The number of nitrogens with one attached hydrogen (secondary N) is 1. The Kier molecular flexibility index (Phi) is 8.85. The van der Waals surface area contributed by atoms with Gasteiger partial charge >= 0.3 is 11.9 Å². The molecule has 3 unspecified atom stereocenters. The van der Waals surface area contributed by atoms with Crippen LogP contribution in [-0.4, -0.2) is 77.9 Å². The Hall–Kier alpha value is -2.93. The Morgan fingerprint density at radius 1 is 1.35 bits per heavy atom. The number of carboxylic acids is 1. The first kappa shape index (κ1) is 27.1. The van der Waals surface area contributed by atoms with Gasteiger partial charge in [0.25, 0.3) is 0 Å². The van der Waals surface area contributed by atoms with Crippen molar-refractivity contribution in [3.63, 3.8) is 0 Å². The average molecular weight is 555 g/mol. The molecule has 3 heterocycles. The number of esters is 1. The molecule has 13 heteroatoms. The number of alkyl halides is 1. The predicted octanol–water partition coefficient (Wildman–Crippen LogP) is 3.36. The lowest BCUT2D eigenvalue weighted by molar-refractivity contribution is -0.146. The van der Waals surface area contributed by atoms with Gasteiger partial charge in [0.2, 0.25) is 0 Å². The van der Waals surface area contributed by atoms with E-state index in [1.165, 1.54) is 23.5 Å². The molecule has 2 aliphatic rings. The van der Waals surface area contributed by atoms with Crippen LogP contribution in [0.15, 0.2) is 46.0 Å². The van der Waals surface area contributed by atoms with Gasteiger partial charge in [-0.1, -0.05) is 17.7 Å². The van der Waals surface area contributed by atoms with Gasteiger partial charge in [0.05, 0.1) is 18.3 Å². The van der Waals surface area contributed by atoms with E-state index in [9.17, 15) is 18.4 Å². The number of piperidine rings is 1. The maximum Gasteiger partial charge on any atom is 0.338 e. The summed E-state index contributed by atoms with van der Waals surface area (Å²) in [5, 5.41) is 14.5. The highest BCUT2D eigenvalue weighted by Crippen LogP contribution is 2.37. The van der Waals surface area contributed by atoms with Crippen LogP contribution in [0, 0.1) is 5.82 Å². The molecule has 2 N–H and O–H groups in total. The number of aliphatic carboxylic acids is 1. The second-order valence-corrected chi connectivity index (χ2v) is 9.78. The van der Waals surface area contributed by atoms with Gasteiger partial charge in [-0.2, -0.15) is 0 Å². The summed E-state index contributed by atoms with van der Waals surface area (Å²) in [6.45, 7) is 1.62. The van der Waals surface area contributed by atoms with E-state index in [1.54, 1.807) is 23.4 Å². The summed E-state index contributed by atoms with van der Waals surface area (Å²) < 4.78 is 39.1. The van der Waals surface area contributed by atoms with Crippen molar-refractivity contribution in [1.82, 2.24) is 15.2 Å². The number of aliphatic imine (C=N–C) groups is 1. The smallest absolute Gasteiger partial charge is 0.338 e. The molecule has 3 atom stereocenters. The molecule has 1 aromatic heterocycles. The molecule has 0 amide bonds. The normalized spacial score (nSPS) is 22.4. The van der Waals surface area contributed by atoms with Gasteiger partial charge in [0.1, 0.15) is 24.6 Å². The number of thiazole rings is 1. The fourth-order valence-corrected chi connectivity index (χ4v) is 5.16. The van der Waals surface area contributed by atoms with Gasteiger partial charge in [-0.05, 0) is 19.1 Å². The summed E-state index contributed by atoms with van der Waals surface area (Å²) in [7, 11) is 0. The molecule has 4 rings (SSSR count). The summed E-state index contributed by atoms with van der Waals surface area (Å²) >= 11 is 7.70. The minimum absolute atomic E-state index is 0.0555. The van der Waals surface area contributed by atoms with Crippen molar-refractivity contribution in [2.75, 3.05) is 32.8 Å². The number of hydrogen-bond donors (Lipinski definition) is 2. The first-order valence-electron chi connectivity index (χ1n) is 11.5. The predicted molar refractivity (Wildman–Crippen MR) is 133 cm³/mol. The number of nitrogens with zero attached hydrogens (tertiary/aromatic N) is 3. The van der Waals surface area contributed by atoms with Gasteiger partial charge in [0.15, 0.2) is 10.8 Å². The monoisotopic (exact) mass is 554 g/mol. The summed E-state index contributed by atoms with van der Waals surface area (Å²) in [6, 6.07) is 2.89. The highest BCUT2D eigenvalue weighted by atomic mass is 35.5. The molecule has 0 radical (unpaired) electrons. The number of carbonyl (C=O) groups is 2. The molecule has 0 aliphatic carbocycles. The van der Waals surface area contributed by atoms with Crippen LogP contribution in [0.3, 0.4) is 0 Å². The Balaban J connectivity index is 1.73. The van der Waals surface area contributed by atoms with Crippen LogP contribution in [0.2, 0.25) is 5.02 Å². The van der Waals surface area contributed by atoms with Crippen molar-refractivity contribution >= 4 is 40.7 Å². The van der Waals surface area contributed by atoms with Crippen LogP contribution in [0.25, 0.3) is 0 Å². The molecule has 1 fully saturated rings. The number of carbonyl (C=O) groups excluding carboxylic acids is 1. The molecule has 0 saturated carbocycles. The average Bonchev–Trinajstić information content (AvgIpc) is 3.37. The highest BCUT2D eigenvalue weighted by molar-refractivity contribution is 7.11. The topological polar surface area (TPSA) is 113 Å². The molecule has 9 nitrogen and oxygen atoms in total. The van der Waals surface area contributed by atoms with Crippen molar-refractivity contribution in [1.29, 1.82) is 0 Å². The summed E-state index contributed by atoms with van der Waals surface area (Å²) in [6.07, 6.45) is -0.209. The molecule has 0 spiro atoms. The highest BCUT2D eigenvalue weighted by Gasteiger charge is 2.36. The summed E-state index contributed by atoms with van der Waals surface area (Å²) in [5.41, 5.74) is 0.943. The third-order valence-electron chi connectivity index (χ3n) is 5.77. The third-order valence-corrected chi connectivity index (χ3v) is 6.88. The molecule has 1 aromatic carbocycles. The molecular weight excluding hydrogens is 530 g/mol. The number of ether oxygens (including phenoxy) is 2. The fourth-order valence-electron chi connectivity index (χ4n) is 4.31. The number of benzene rings is 1. The quantitative estimate of drug-likeness (QED) is 0.454. The van der Waals surface area contributed by atoms with Crippen molar-refractivity contribution in [2.45, 2.75) is 31.7 Å². The number of rotatable bonds is 9. The molecule has 0 bridgehead atoms. The second-order valence-electron chi connectivity index (χ2n) is 8.47. The van der Waals surface area contributed by atoms with Crippen molar-refractivity contribution < 1.29 is 33.0 Å². The van der Waals surface area contributed by atoms with Crippen LogP contribution < -0.4 is 5.32 Å². The lowest BCUT2D eigenvalue weighted by Gasteiger charge is -2.36. The van der Waals surface area contributed by atoms with Crippen molar-refractivity contribution in [3.8, 4) is 0 Å². The molecule has 198 valence electrons. The van der Waals surface area contributed by atoms with Crippen LogP contribution in [0.1, 0.15) is 30.0 Å². The number of aromatic nitrogens is 1. The Morgan fingerprint density at radius 2 is 2.16 bits per heavy atom. The van der Waals surface area contributed by atoms with E-state index in [0.29, 0.717) is 22.1 Å². The van der Waals surface area contributed by atoms with Crippen LogP contribution in [0.4, 0.5) is 8.78 Å². The van der Waals surface area contributed by atoms with Gasteiger partial charge < -0.3 is 19.9 Å². The minimum Gasteiger partial charge on any atom is -0.480 e. The van der Waals surface area contributed by atoms with Crippen LogP contribution in [-0.2, 0) is 19.1 Å². The van der Waals surface area contributed by atoms with Crippen molar-refractivity contribution in [3.05, 3.63) is 62.5 Å². The van der Waals surface area contributed by atoms with Gasteiger partial charge in [-0.25, -0.2) is 23.4 Å². The Morgan fingerprint density at radius 3 is 2.84 bits per heavy atom. The van der Waals surface area contributed by atoms with E-state index >= 15 is 0 Å². The largest absolute Gasteiger partial charge is 0.480 e. The fraction of sp³-hybridized carbons (Fsp3) is 0.417. The molecule has 37 heavy (non-hydrogen) atoms. The standard InChI is InChI=1S/C24H25ClF2N4O5S/c1-2-35-24(34)20-18(11-31-9-14(27)7-15(10-31)36-12-19(32)33)29-22(23-28-5-6-37-23)30-21(20)16-4-3-13(26)8-17(16)25/h3-6,8,14-15,21H,2,7,9-12H2,1H3,(H,29,30)(H,32,33). The first-order valence-corrected chi connectivity index (χ1v) is 12.8. The minimum atomic E-state index is -1.25. The maximum atomic E-state index is 14.6. The molecule has 1 saturated heterocycles. The zero-order chi connectivity index (χ0) is 26.5. The van der Waals surface area contributed by atoms with Gasteiger partial charge in [-0.3, -0.25) is 9.89 Å². The zero-order valence-corrected chi connectivity index (χ0v) is 21.4.